The third-order valence-corrected chi connectivity index (χ3v) is 13.8. The highest BCUT2D eigenvalue weighted by molar-refractivity contribution is 6.00. The number of anilines is 2. The lowest BCUT2D eigenvalue weighted by atomic mass is 9.78. The number of benzene rings is 2. The lowest BCUT2D eigenvalue weighted by molar-refractivity contribution is -0.135. The normalized spacial score (nSPS) is 21.5. The van der Waals surface area contributed by atoms with E-state index in [0.717, 1.165) is 129 Å². The Morgan fingerprint density at radius 3 is 2.28 bits per heavy atom. The zero-order valence-corrected chi connectivity index (χ0v) is 33.1. The monoisotopic (exact) mass is 781 g/mol. The first-order valence-electron chi connectivity index (χ1n) is 21.1. The van der Waals surface area contributed by atoms with Gasteiger partial charge < -0.3 is 20.1 Å². The average molecular weight is 782 g/mol. The SMILES string of the molecule is Cn1c(=O)n(C2CCC(=O)NC2=O)c2ccc(N3CCC(CN4CCN(c5ccc(-c6cc(-c7cc8c([nH]7)C7(CCCC7)CNC8=O)ccn6)cc5)CC4)CC3)cc21. The van der Waals surface area contributed by atoms with Gasteiger partial charge in [0.15, 0.2) is 0 Å². The van der Waals surface area contributed by atoms with Gasteiger partial charge in [-0.25, -0.2) is 4.79 Å². The number of hydrogen-bond donors (Lipinski definition) is 3. The van der Waals surface area contributed by atoms with Gasteiger partial charge in [-0.1, -0.05) is 25.0 Å². The standard InChI is InChI=1S/C45H51N9O4/c1-50-39-25-33(8-9-37(39)54(44(50)58)38-10-11-40(55)49-43(38)57)52-18-13-29(14-19-52)27-51-20-22-53(23-21-51)32-6-4-30(5-7-32)35-24-31(12-17-46-35)36-26-34-41(48-36)45(15-2-3-16-45)28-47-42(34)56/h4-9,12,17,24-26,29,38,48H,2-3,10-11,13-16,18-23,27-28H2,1H3,(H,47,56)(H,49,55,57). The van der Waals surface area contributed by atoms with Gasteiger partial charge in [0.05, 0.1) is 22.3 Å². The van der Waals surface area contributed by atoms with E-state index in [9.17, 15) is 19.2 Å². The Morgan fingerprint density at radius 2 is 1.52 bits per heavy atom. The number of rotatable bonds is 7. The lowest BCUT2D eigenvalue weighted by Crippen LogP contribution is -2.49. The molecule has 3 aromatic heterocycles. The molecule has 1 saturated carbocycles. The fourth-order valence-corrected chi connectivity index (χ4v) is 10.4. The first kappa shape index (κ1) is 36.6. The van der Waals surface area contributed by atoms with Crippen LogP contribution in [0, 0.1) is 5.92 Å². The van der Waals surface area contributed by atoms with Crippen LogP contribution in [0.3, 0.4) is 0 Å². The van der Waals surface area contributed by atoms with Crippen LogP contribution in [0.15, 0.2) is 71.7 Å². The maximum Gasteiger partial charge on any atom is 0.329 e. The summed E-state index contributed by atoms with van der Waals surface area (Å²) in [5.41, 5.74) is 9.57. The van der Waals surface area contributed by atoms with Crippen LogP contribution >= 0.6 is 0 Å². The number of pyridine rings is 1. The fourth-order valence-electron chi connectivity index (χ4n) is 10.4. The molecule has 2 aromatic carbocycles. The van der Waals surface area contributed by atoms with Gasteiger partial charge in [-0.3, -0.25) is 38.7 Å². The summed E-state index contributed by atoms with van der Waals surface area (Å²) in [5, 5.41) is 5.53. The third-order valence-electron chi connectivity index (χ3n) is 13.8. The van der Waals surface area contributed by atoms with Crippen molar-refractivity contribution in [3.05, 3.63) is 88.6 Å². The second kappa shape index (κ2) is 14.6. The van der Waals surface area contributed by atoms with E-state index < -0.39 is 11.9 Å². The molecule has 13 heteroatoms. The molecule has 13 nitrogen and oxygen atoms in total. The van der Waals surface area contributed by atoms with E-state index in [4.69, 9.17) is 4.98 Å². The summed E-state index contributed by atoms with van der Waals surface area (Å²) in [5.74, 6) is -0.0365. The summed E-state index contributed by atoms with van der Waals surface area (Å²) >= 11 is 0. The van der Waals surface area contributed by atoms with Crippen LogP contribution in [-0.2, 0) is 22.1 Å². The zero-order chi connectivity index (χ0) is 39.5. The largest absolute Gasteiger partial charge is 0.371 e. The topological polar surface area (TPSA) is 141 Å². The number of H-pyrrole nitrogens is 1. The number of aromatic amines is 1. The van der Waals surface area contributed by atoms with E-state index in [2.05, 4.69) is 72.8 Å². The van der Waals surface area contributed by atoms with Crippen molar-refractivity contribution < 1.29 is 14.4 Å². The van der Waals surface area contributed by atoms with Crippen LogP contribution in [0.4, 0.5) is 11.4 Å². The fraction of sp³-hybridized carbons (Fsp3) is 0.444. The van der Waals surface area contributed by atoms with Gasteiger partial charge in [-0.15, -0.1) is 0 Å². The van der Waals surface area contributed by atoms with Crippen LogP contribution < -0.4 is 26.1 Å². The van der Waals surface area contributed by atoms with Crippen molar-refractivity contribution in [1.29, 1.82) is 0 Å². The van der Waals surface area contributed by atoms with Gasteiger partial charge in [0, 0.05) is 111 Å². The highest BCUT2D eigenvalue weighted by Gasteiger charge is 2.43. The Morgan fingerprint density at radius 1 is 0.776 bits per heavy atom. The number of nitrogens with zero attached hydrogens (tertiary/aromatic N) is 6. The summed E-state index contributed by atoms with van der Waals surface area (Å²) in [7, 11) is 1.75. The Kier molecular flexibility index (Phi) is 9.22. The van der Waals surface area contributed by atoms with Crippen molar-refractivity contribution in [1.82, 2.24) is 34.6 Å². The number of hydrogen-bond acceptors (Lipinski definition) is 8. The van der Waals surface area contributed by atoms with Gasteiger partial charge in [0.1, 0.15) is 6.04 Å². The van der Waals surface area contributed by atoms with E-state index >= 15 is 0 Å². The Bertz CT molecular complexity index is 2460. The molecule has 10 rings (SSSR count). The second-order valence-corrected chi connectivity index (χ2v) is 17.2. The second-order valence-electron chi connectivity index (χ2n) is 17.2. The van der Waals surface area contributed by atoms with Gasteiger partial charge >= 0.3 is 5.69 Å². The molecule has 58 heavy (non-hydrogen) atoms. The van der Waals surface area contributed by atoms with Gasteiger partial charge in [-0.05, 0) is 86.6 Å². The minimum absolute atomic E-state index is 0.0204. The minimum atomic E-state index is -0.677. The number of carbonyl (C=O) groups is 3. The van der Waals surface area contributed by atoms with Crippen molar-refractivity contribution in [2.45, 2.75) is 62.8 Å². The third kappa shape index (κ3) is 6.49. The van der Waals surface area contributed by atoms with E-state index in [-0.39, 0.29) is 29.3 Å². The molecule has 1 aliphatic carbocycles. The molecule has 0 bridgehead atoms. The molecule has 5 aromatic rings. The molecule has 1 spiro atoms. The average Bonchev–Trinajstić information content (AvgIpc) is 3.98. The maximum atomic E-state index is 13.2. The number of fused-ring (bicyclic) bond motifs is 3. The van der Waals surface area contributed by atoms with Crippen LogP contribution in [-0.4, -0.2) is 94.1 Å². The first-order chi connectivity index (χ1) is 28.2. The van der Waals surface area contributed by atoms with Gasteiger partial charge in [0.2, 0.25) is 11.8 Å². The highest BCUT2D eigenvalue weighted by atomic mass is 16.2. The van der Waals surface area contributed by atoms with E-state index in [1.165, 1.54) is 18.5 Å². The molecule has 0 radical (unpaired) electrons. The predicted molar refractivity (Wildman–Crippen MR) is 224 cm³/mol. The quantitative estimate of drug-likeness (QED) is 0.197. The molecule has 7 heterocycles. The van der Waals surface area contributed by atoms with Crippen molar-refractivity contribution in [2.75, 3.05) is 62.2 Å². The summed E-state index contributed by atoms with van der Waals surface area (Å²) in [6, 6.07) is 20.4. The van der Waals surface area contributed by atoms with E-state index in [1.54, 1.807) is 16.2 Å². The number of piperidine rings is 2. The molecule has 4 fully saturated rings. The smallest absolute Gasteiger partial charge is 0.329 e. The molecule has 300 valence electrons. The number of amides is 3. The van der Waals surface area contributed by atoms with Crippen LogP contribution in [0.5, 0.6) is 0 Å². The summed E-state index contributed by atoms with van der Waals surface area (Å²) < 4.78 is 3.16. The Hall–Kier alpha value is -5.69. The van der Waals surface area contributed by atoms with Crippen LogP contribution in [0.2, 0.25) is 0 Å². The van der Waals surface area contributed by atoms with Gasteiger partial charge in [-0.2, -0.15) is 0 Å². The lowest BCUT2D eigenvalue weighted by Gasteiger charge is -2.40. The first-order valence-corrected chi connectivity index (χ1v) is 21.1. The molecule has 3 N–H and O–H groups in total. The minimum Gasteiger partial charge on any atom is -0.371 e. The van der Waals surface area contributed by atoms with E-state index in [0.29, 0.717) is 12.3 Å². The number of imide groups is 1. The summed E-state index contributed by atoms with van der Waals surface area (Å²) in [6.45, 7) is 7.84. The van der Waals surface area contributed by atoms with Crippen molar-refractivity contribution >= 4 is 40.1 Å². The number of imidazole rings is 1. The van der Waals surface area contributed by atoms with Crippen molar-refractivity contribution in [3.8, 4) is 22.5 Å². The van der Waals surface area contributed by atoms with Crippen LogP contribution in [0.1, 0.15) is 73.5 Å². The predicted octanol–water partition coefficient (Wildman–Crippen LogP) is 4.97. The number of carbonyl (C=O) groups excluding carboxylic acids is 3. The number of nitrogens with one attached hydrogen (secondary N) is 3. The molecule has 3 saturated heterocycles. The Balaban J connectivity index is 0.732. The number of aromatic nitrogens is 4. The number of aryl methyl sites for hydroxylation is 1. The maximum absolute atomic E-state index is 13.2. The molecule has 1 unspecified atom stereocenters. The van der Waals surface area contributed by atoms with Crippen molar-refractivity contribution in [3.63, 3.8) is 0 Å². The molecule has 1 atom stereocenters. The van der Waals surface area contributed by atoms with Crippen molar-refractivity contribution in [2.24, 2.45) is 13.0 Å². The number of piperazine rings is 1. The van der Waals surface area contributed by atoms with E-state index in [1.807, 2.05) is 24.4 Å². The van der Waals surface area contributed by atoms with Gasteiger partial charge in [0.25, 0.3) is 5.91 Å². The summed E-state index contributed by atoms with van der Waals surface area (Å²) in [6.07, 6.45) is 9.30. The molecule has 4 aliphatic heterocycles. The molecule has 5 aliphatic rings. The zero-order valence-electron chi connectivity index (χ0n) is 33.1. The summed E-state index contributed by atoms with van der Waals surface area (Å²) in [4.78, 5) is 66.3. The molecular weight excluding hydrogens is 731 g/mol. The van der Waals surface area contributed by atoms with Crippen LogP contribution in [0.25, 0.3) is 33.5 Å². The highest BCUT2D eigenvalue weighted by Crippen LogP contribution is 2.44. The Labute approximate surface area is 337 Å². The molecule has 3 amide bonds. The molecular formula is C45H51N9O4.